The molecule has 1 amide bonds. The number of carbonyl (C=O) groups is 1. The molecule has 0 fully saturated rings. The van der Waals surface area contributed by atoms with Gasteiger partial charge < -0.3 is 5.32 Å². The van der Waals surface area contributed by atoms with Crippen LogP contribution in [0.4, 0.5) is 8.78 Å². The summed E-state index contributed by atoms with van der Waals surface area (Å²) < 4.78 is 28.3. The summed E-state index contributed by atoms with van der Waals surface area (Å²) in [6, 6.07) is 16.8. The van der Waals surface area contributed by atoms with Crippen molar-refractivity contribution in [2.24, 2.45) is 0 Å². The van der Waals surface area contributed by atoms with Gasteiger partial charge in [0.1, 0.15) is 6.54 Å². The number of halogens is 3. The average molecular weight is 454 g/mol. The van der Waals surface area contributed by atoms with Gasteiger partial charge in [-0.15, -0.1) is 0 Å². The summed E-state index contributed by atoms with van der Waals surface area (Å²) in [6.07, 6.45) is 0. The molecule has 0 saturated carbocycles. The zero-order valence-corrected chi connectivity index (χ0v) is 17.7. The molecular weight excluding hydrogens is 436 g/mol. The largest absolute Gasteiger partial charge is 0.348 e. The van der Waals surface area contributed by atoms with Gasteiger partial charge in [-0.05, 0) is 48.9 Å². The van der Waals surface area contributed by atoms with Gasteiger partial charge >= 0.3 is 0 Å². The lowest BCUT2D eigenvalue weighted by Gasteiger charge is -2.16. The predicted octanol–water partition coefficient (Wildman–Crippen LogP) is 4.87. The van der Waals surface area contributed by atoms with Gasteiger partial charge in [-0.25, -0.2) is 13.5 Å². The van der Waals surface area contributed by atoms with Gasteiger partial charge in [0.15, 0.2) is 11.6 Å². The van der Waals surface area contributed by atoms with Crippen molar-refractivity contribution in [3.63, 3.8) is 0 Å². The van der Waals surface area contributed by atoms with Crippen LogP contribution in [0.25, 0.3) is 22.0 Å². The maximum atomic E-state index is 13.8. The fraction of sp³-hybridized carbons (Fsp3) is 0.125. The summed E-state index contributed by atoms with van der Waals surface area (Å²) in [5.41, 5.74) is 0.965. The van der Waals surface area contributed by atoms with E-state index < -0.39 is 23.1 Å². The number of benzene rings is 3. The minimum absolute atomic E-state index is 0.276. The highest BCUT2D eigenvalue weighted by molar-refractivity contribution is 6.30. The molecule has 8 heteroatoms. The minimum atomic E-state index is -1.03. The number of carbonyl (C=O) groups excluding carboxylic acids is 1. The molecule has 0 aliphatic heterocycles. The second-order valence-electron chi connectivity index (χ2n) is 7.33. The van der Waals surface area contributed by atoms with Crippen LogP contribution < -0.4 is 10.9 Å². The lowest BCUT2D eigenvalue weighted by Crippen LogP contribution is -2.35. The first-order valence-electron chi connectivity index (χ1n) is 9.83. The molecule has 32 heavy (non-hydrogen) atoms. The SMILES string of the molecule is CC(NC(=O)Cn1nc(-c2ccc(F)c(F)c2)c2ccccc2c1=O)c1ccc(Cl)cc1. The Bertz CT molecular complexity index is 1370. The normalized spacial score (nSPS) is 12.0. The molecule has 1 N–H and O–H groups in total. The number of hydrogen-bond acceptors (Lipinski definition) is 3. The molecule has 3 aromatic carbocycles. The third-order valence-electron chi connectivity index (χ3n) is 5.10. The summed E-state index contributed by atoms with van der Waals surface area (Å²) >= 11 is 5.90. The summed E-state index contributed by atoms with van der Waals surface area (Å²) in [6.45, 7) is 1.47. The van der Waals surface area contributed by atoms with Crippen LogP contribution in [0.5, 0.6) is 0 Å². The molecule has 0 aliphatic rings. The Labute approximate surface area is 187 Å². The number of nitrogens with one attached hydrogen (secondary N) is 1. The Hall–Kier alpha value is -3.58. The number of nitrogens with zero attached hydrogens (tertiary/aromatic N) is 2. The summed E-state index contributed by atoms with van der Waals surface area (Å²) in [4.78, 5) is 25.6. The zero-order chi connectivity index (χ0) is 22.8. The van der Waals surface area contributed by atoms with Gasteiger partial charge in [0.2, 0.25) is 5.91 Å². The van der Waals surface area contributed by atoms with Crippen molar-refractivity contribution in [2.45, 2.75) is 19.5 Å². The van der Waals surface area contributed by atoms with E-state index in [1.165, 1.54) is 6.07 Å². The number of amides is 1. The fourth-order valence-electron chi connectivity index (χ4n) is 3.46. The molecule has 5 nitrogen and oxygen atoms in total. The topological polar surface area (TPSA) is 64.0 Å². The van der Waals surface area contributed by atoms with E-state index in [1.54, 1.807) is 48.5 Å². The van der Waals surface area contributed by atoms with Crippen LogP contribution in [0.15, 0.2) is 71.5 Å². The molecule has 0 radical (unpaired) electrons. The Kier molecular flexibility index (Phi) is 6.01. The highest BCUT2D eigenvalue weighted by Gasteiger charge is 2.17. The van der Waals surface area contributed by atoms with Gasteiger partial charge in [-0.1, -0.05) is 41.9 Å². The average Bonchev–Trinajstić information content (AvgIpc) is 2.78. The number of hydrogen-bond donors (Lipinski definition) is 1. The Morgan fingerprint density at radius 2 is 1.72 bits per heavy atom. The van der Waals surface area contributed by atoms with Crippen molar-refractivity contribution in [3.05, 3.63) is 99.3 Å². The van der Waals surface area contributed by atoms with E-state index in [4.69, 9.17) is 11.6 Å². The van der Waals surface area contributed by atoms with Crippen LogP contribution in [0.3, 0.4) is 0 Å². The summed E-state index contributed by atoms with van der Waals surface area (Å²) in [5, 5.41) is 8.52. The molecule has 0 aliphatic carbocycles. The number of rotatable bonds is 5. The maximum absolute atomic E-state index is 13.8. The molecule has 1 unspecified atom stereocenters. The minimum Gasteiger partial charge on any atom is -0.348 e. The van der Waals surface area contributed by atoms with Gasteiger partial charge in [0.05, 0.1) is 17.1 Å². The van der Waals surface area contributed by atoms with E-state index in [0.29, 0.717) is 21.4 Å². The van der Waals surface area contributed by atoms with Crippen LogP contribution in [-0.2, 0) is 11.3 Å². The van der Waals surface area contributed by atoms with Gasteiger partial charge in [0.25, 0.3) is 5.56 Å². The van der Waals surface area contributed by atoms with E-state index in [2.05, 4.69) is 10.4 Å². The van der Waals surface area contributed by atoms with E-state index in [-0.39, 0.29) is 18.3 Å². The van der Waals surface area contributed by atoms with Crippen LogP contribution in [0.2, 0.25) is 5.02 Å². The van der Waals surface area contributed by atoms with E-state index in [0.717, 1.165) is 22.4 Å². The highest BCUT2D eigenvalue weighted by Crippen LogP contribution is 2.26. The van der Waals surface area contributed by atoms with Crippen LogP contribution in [0.1, 0.15) is 18.5 Å². The number of aromatic nitrogens is 2. The first-order valence-corrected chi connectivity index (χ1v) is 10.2. The van der Waals surface area contributed by atoms with E-state index in [9.17, 15) is 18.4 Å². The molecule has 0 saturated heterocycles. The van der Waals surface area contributed by atoms with E-state index in [1.807, 2.05) is 6.92 Å². The Morgan fingerprint density at radius 1 is 1.03 bits per heavy atom. The molecule has 0 bridgehead atoms. The van der Waals surface area contributed by atoms with Crippen molar-refractivity contribution >= 4 is 28.3 Å². The highest BCUT2D eigenvalue weighted by atomic mass is 35.5. The van der Waals surface area contributed by atoms with Crippen molar-refractivity contribution in [3.8, 4) is 11.3 Å². The lowest BCUT2D eigenvalue weighted by molar-refractivity contribution is -0.122. The predicted molar refractivity (Wildman–Crippen MR) is 119 cm³/mol. The lowest BCUT2D eigenvalue weighted by atomic mass is 10.0. The van der Waals surface area contributed by atoms with Crippen LogP contribution >= 0.6 is 11.6 Å². The third-order valence-corrected chi connectivity index (χ3v) is 5.35. The third kappa shape index (κ3) is 4.38. The van der Waals surface area contributed by atoms with Gasteiger partial charge in [-0.2, -0.15) is 5.10 Å². The first-order chi connectivity index (χ1) is 15.3. The molecule has 162 valence electrons. The smallest absolute Gasteiger partial charge is 0.275 e. The fourth-order valence-corrected chi connectivity index (χ4v) is 3.58. The van der Waals surface area contributed by atoms with Crippen molar-refractivity contribution in [2.75, 3.05) is 0 Å². The molecule has 4 aromatic rings. The van der Waals surface area contributed by atoms with Gasteiger partial charge in [0, 0.05) is 16.0 Å². The monoisotopic (exact) mass is 453 g/mol. The quantitative estimate of drug-likeness (QED) is 0.469. The van der Waals surface area contributed by atoms with Gasteiger partial charge in [-0.3, -0.25) is 9.59 Å². The molecule has 1 aromatic heterocycles. The Balaban J connectivity index is 1.68. The molecule has 4 rings (SSSR count). The van der Waals surface area contributed by atoms with Crippen LogP contribution in [-0.4, -0.2) is 15.7 Å². The Morgan fingerprint density at radius 3 is 2.41 bits per heavy atom. The van der Waals surface area contributed by atoms with Crippen LogP contribution in [0, 0.1) is 11.6 Å². The molecule has 1 heterocycles. The number of fused-ring (bicyclic) bond motifs is 1. The maximum Gasteiger partial charge on any atom is 0.275 e. The standard InChI is InChI=1S/C24H18ClF2N3O2/c1-14(15-6-9-17(25)10-7-15)28-22(31)13-30-24(32)19-5-3-2-4-18(19)23(29-30)16-8-11-20(26)21(27)12-16/h2-12,14H,13H2,1H3,(H,28,31). The van der Waals surface area contributed by atoms with Crippen molar-refractivity contribution < 1.29 is 13.6 Å². The molecular formula is C24H18ClF2N3O2. The zero-order valence-electron chi connectivity index (χ0n) is 17.0. The molecule has 0 spiro atoms. The van der Waals surface area contributed by atoms with E-state index >= 15 is 0 Å². The summed E-state index contributed by atoms with van der Waals surface area (Å²) in [5.74, 6) is -2.43. The first kappa shape index (κ1) is 21.6. The van der Waals surface area contributed by atoms with Crippen molar-refractivity contribution in [1.82, 2.24) is 15.1 Å². The summed E-state index contributed by atoms with van der Waals surface area (Å²) in [7, 11) is 0. The second kappa shape index (κ2) is 8.88. The second-order valence-corrected chi connectivity index (χ2v) is 7.76. The van der Waals surface area contributed by atoms with Crippen molar-refractivity contribution in [1.29, 1.82) is 0 Å². The molecule has 1 atom stereocenters.